The highest BCUT2D eigenvalue weighted by atomic mass is 32.2. The maximum Gasteiger partial charge on any atom is 0.276 e. The van der Waals surface area contributed by atoms with Gasteiger partial charge in [-0.05, 0) is 48.5 Å². The van der Waals surface area contributed by atoms with Crippen LogP contribution < -0.4 is 15.6 Å². The molecule has 0 unspecified atom stereocenters. The Morgan fingerprint density at radius 1 is 1.09 bits per heavy atom. The summed E-state index contributed by atoms with van der Waals surface area (Å²) >= 11 is 0. The summed E-state index contributed by atoms with van der Waals surface area (Å²) in [5.74, 6) is -1.02. The second kappa shape index (κ2) is 9.71. The Morgan fingerprint density at radius 2 is 1.79 bits per heavy atom. The second-order valence-corrected chi connectivity index (χ2v) is 9.19. The van der Waals surface area contributed by atoms with Gasteiger partial charge in [0.25, 0.3) is 11.5 Å². The van der Waals surface area contributed by atoms with E-state index in [1.165, 1.54) is 59.9 Å². The van der Waals surface area contributed by atoms with E-state index in [9.17, 15) is 22.4 Å². The molecule has 12 heteroatoms. The van der Waals surface area contributed by atoms with Gasteiger partial charge in [-0.15, -0.1) is 0 Å². The number of hydrogen-bond donors (Lipinski definition) is 1. The predicted molar refractivity (Wildman–Crippen MR) is 120 cm³/mol. The first-order chi connectivity index (χ1) is 16.3. The third kappa shape index (κ3) is 4.83. The molecule has 0 saturated carbocycles. The predicted octanol–water partition coefficient (Wildman–Crippen LogP) is 1.65. The second-order valence-electron chi connectivity index (χ2n) is 7.28. The van der Waals surface area contributed by atoms with Crippen LogP contribution in [0.5, 0.6) is 5.75 Å². The summed E-state index contributed by atoms with van der Waals surface area (Å²) in [5.41, 5.74) is -0.132. The SMILES string of the molecule is COc1ccc(NC(=O)c2ccc(=O)n(-c3ccc(F)cc3)n2)cc1S(=O)(=O)N1CCOCC1. The van der Waals surface area contributed by atoms with E-state index in [0.29, 0.717) is 0 Å². The van der Waals surface area contributed by atoms with Crippen molar-refractivity contribution in [3.05, 3.63) is 76.5 Å². The first-order valence-electron chi connectivity index (χ1n) is 10.2. The molecule has 1 aromatic heterocycles. The van der Waals surface area contributed by atoms with Crippen LogP contribution in [-0.4, -0.2) is 61.8 Å². The molecule has 0 spiro atoms. The first kappa shape index (κ1) is 23.5. The van der Waals surface area contributed by atoms with Crippen LogP contribution in [0.25, 0.3) is 5.69 Å². The molecule has 34 heavy (non-hydrogen) atoms. The Kier molecular flexibility index (Phi) is 6.72. The Morgan fingerprint density at radius 3 is 2.47 bits per heavy atom. The van der Waals surface area contributed by atoms with Gasteiger partial charge in [0.1, 0.15) is 22.2 Å². The Balaban J connectivity index is 1.62. The molecule has 1 aliphatic heterocycles. The molecule has 0 atom stereocenters. The van der Waals surface area contributed by atoms with Crippen molar-refractivity contribution >= 4 is 21.6 Å². The summed E-state index contributed by atoms with van der Waals surface area (Å²) < 4.78 is 52.2. The number of benzene rings is 2. The lowest BCUT2D eigenvalue weighted by molar-refractivity contribution is 0.0729. The summed E-state index contributed by atoms with van der Waals surface area (Å²) in [6.45, 7) is 0.981. The van der Waals surface area contributed by atoms with Crippen LogP contribution in [0.2, 0.25) is 0 Å². The van der Waals surface area contributed by atoms with E-state index in [1.54, 1.807) is 0 Å². The molecular formula is C22H21FN4O6S. The van der Waals surface area contributed by atoms with Crippen molar-refractivity contribution in [2.75, 3.05) is 38.7 Å². The van der Waals surface area contributed by atoms with Crippen molar-refractivity contribution in [3.8, 4) is 11.4 Å². The molecule has 0 radical (unpaired) electrons. The van der Waals surface area contributed by atoms with Crippen LogP contribution in [0.4, 0.5) is 10.1 Å². The third-order valence-corrected chi connectivity index (χ3v) is 7.03. The molecular weight excluding hydrogens is 467 g/mol. The van der Waals surface area contributed by atoms with Gasteiger partial charge in [-0.25, -0.2) is 12.8 Å². The number of hydrogen-bond acceptors (Lipinski definition) is 7. The number of halogens is 1. The monoisotopic (exact) mass is 488 g/mol. The molecule has 1 aliphatic rings. The molecule has 2 aromatic carbocycles. The van der Waals surface area contributed by atoms with Crippen LogP contribution in [0, 0.1) is 5.82 Å². The van der Waals surface area contributed by atoms with Crippen molar-refractivity contribution in [1.29, 1.82) is 0 Å². The van der Waals surface area contributed by atoms with Gasteiger partial charge in [0, 0.05) is 24.8 Å². The van der Waals surface area contributed by atoms with E-state index in [-0.39, 0.29) is 54.0 Å². The van der Waals surface area contributed by atoms with Crippen LogP contribution in [0.3, 0.4) is 0 Å². The highest BCUT2D eigenvalue weighted by Crippen LogP contribution is 2.30. The number of nitrogens with zero attached hydrogens (tertiary/aromatic N) is 3. The van der Waals surface area contributed by atoms with Crippen molar-refractivity contribution < 1.29 is 27.1 Å². The highest BCUT2D eigenvalue weighted by Gasteiger charge is 2.29. The number of nitrogens with one attached hydrogen (secondary N) is 1. The topological polar surface area (TPSA) is 120 Å². The zero-order valence-corrected chi connectivity index (χ0v) is 18.9. The van der Waals surface area contributed by atoms with Gasteiger partial charge >= 0.3 is 0 Å². The molecule has 0 aliphatic carbocycles. The van der Waals surface area contributed by atoms with E-state index < -0.39 is 27.3 Å². The maximum absolute atomic E-state index is 13.2. The lowest BCUT2D eigenvalue weighted by atomic mass is 10.2. The fourth-order valence-electron chi connectivity index (χ4n) is 3.38. The molecule has 10 nitrogen and oxygen atoms in total. The van der Waals surface area contributed by atoms with Crippen molar-refractivity contribution in [2.24, 2.45) is 0 Å². The number of morpholine rings is 1. The third-order valence-electron chi connectivity index (χ3n) is 5.11. The number of methoxy groups -OCH3 is 1. The molecule has 1 N–H and O–H groups in total. The lowest BCUT2D eigenvalue weighted by Gasteiger charge is -2.26. The number of amides is 1. The smallest absolute Gasteiger partial charge is 0.276 e. The number of anilines is 1. The van der Waals surface area contributed by atoms with Gasteiger partial charge < -0.3 is 14.8 Å². The quantitative estimate of drug-likeness (QED) is 0.560. The van der Waals surface area contributed by atoms with Crippen LogP contribution in [0.15, 0.2) is 64.3 Å². The molecule has 2 heterocycles. The fraction of sp³-hybridized carbons (Fsp3) is 0.227. The van der Waals surface area contributed by atoms with Gasteiger partial charge in [0.2, 0.25) is 10.0 Å². The molecule has 1 saturated heterocycles. The summed E-state index contributed by atoms with van der Waals surface area (Å²) in [4.78, 5) is 24.9. The van der Waals surface area contributed by atoms with Crippen molar-refractivity contribution in [2.45, 2.75) is 4.90 Å². The van der Waals surface area contributed by atoms with Gasteiger partial charge in [0.15, 0.2) is 0 Å². The minimum absolute atomic E-state index is 0.0982. The molecule has 4 rings (SSSR count). The molecule has 3 aromatic rings. The van der Waals surface area contributed by atoms with Gasteiger partial charge in [-0.1, -0.05) is 0 Å². The first-order valence-corrected chi connectivity index (χ1v) is 11.7. The summed E-state index contributed by atoms with van der Waals surface area (Å²) in [7, 11) is -2.54. The van der Waals surface area contributed by atoms with Crippen molar-refractivity contribution in [1.82, 2.24) is 14.1 Å². The normalized spacial score (nSPS) is 14.5. The molecule has 0 bridgehead atoms. The fourth-order valence-corrected chi connectivity index (χ4v) is 4.97. The van der Waals surface area contributed by atoms with E-state index in [0.717, 1.165) is 10.7 Å². The van der Waals surface area contributed by atoms with Crippen LogP contribution >= 0.6 is 0 Å². The van der Waals surface area contributed by atoms with Gasteiger partial charge in [0.05, 0.1) is 26.0 Å². The average molecular weight is 488 g/mol. The van der Waals surface area contributed by atoms with Gasteiger partial charge in [-0.3, -0.25) is 9.59 Å². The van der Waals surface area contributed by atoms with Crippen LogP contribution in [-0.2, 0) is 14.8 Å². The standard InChI is InChI=1S/C22H21FN4O6S/c1-32-19-8-4-16(14-20(19)34(30,31)26-10-12-33-13-11-26)24-22(29)18-7-9-21(28)27(25-18)17-5-2-15(23)3-6-17/h2-9,14H,10-13H2,1H3,(H,24,29). The minimum atomic E-state index is -3.89. The molecule has 1 amide bonds. The maximum atomic E-state index is 13.2. The number of sulfonamides is 1. The number of carbonyl (C=O) groups excluding carboxylic acids is 1. The number of ether oxygens (including phenoxy) is 2. The Hall–Kier alpha value is -3.61. The highest BCUT2D eigenvalue weighted by molar-refractivity contribution is 7.89. The Bertz CT molecular complexity index is 1370. The van der Waals surface area contributed by atoms with Crippen molar-refractivity contribution in [3.63, 3.8) is 0 Å². The summed E-state index contributed by atoms with van der Waals surface area (Å²) in [6.07, 6.45) is 0. The zero-order valence-electron chi connectivity index (χ0n) is 18.1. The van der Waals surface area contributed by atoms with E-state index in [4.69, 9.17) is 9.47 Å². The zero-order chi connectivity index (χ0) is 24.3. The number of aromatic nitrogens is 2. The minimum Gasteiger partial charge on any atom is -0.495 e. The largest absolute Gasteiger partial charge is 0.495 e. The average Bonchev–Trinajstić information content (AvgIpc) is 2.85. The Labute approximate surface area is 194 Å². The lowest BCUT2D eigenvalue weighted by Crippen LogP contribution is -2.40. The van der Waals surface area contributed by atoms with E-state index >= 15 is 0 Å². The van der Waals surface area contributed by atoms with E-state index in [2.05, 4.69) is 10.4 Å². The number of carbonyl (C=O) groups is 1. The van der Waals surface area contributed by atoms with Crippen LogP contribution in [0.1, 0.15) is 10.5 Å². The molecule has 178 valence electrons. The number of rotatable bonds is 6. The molecule has 1 fully saturated rings. The summed E-state index contributed by atoms with van der Waals surface area (Å²) in [5, 5.41) is 6.64. The summed E-state index contributed by atoms with van der Waals surface area (Å²) in [6, 6.07) is 11.7. The van der Waals surface area contributed by atoms with E-state index in [1.807, 2.05) is 0 Å². The van der Waals surface area contributed by atoms with Gasteiger partial charge in [-0.2, -0.15) is 14.1 Å².